The number of hydrogen-bond acceptors (Lipinski definition) is 8. The van der Waals surface area contributed by atoms with Crippen LogP contribution in [-0.2, 0) is 20.4 Å². The number of fused-ring (bicyclic) bond motifs is 2. The Morgan fingerprint density at radius 2 is 2.22 bits per heavy atom. The van der Waals surface area contributed by atoms with Crippen LogP contribution in [0.3, 0.4) is 0 Å². The number of rotatable bonds is 4. The van der Waals surface area contributed by atoms with Crippen molar-refractivity contribution in [2.75, 3.05) is 6.54 Å². The number of nitrogens with one attached hydrogen (secondary N) is 2. The molecule has 1 aromatic rings. The van der Waals surface area contributed by atoms with Crippen molar-refractivity contribution < 1.29 is 18.7 Å². The van der Waals surface area contributed by atoms with Crippen molar-refractivity contribution >= 4 is 30.8 Å². The lowest BCUT2D eigenvalue weighted by molar-refractivity contribution is -0.132. The van der Waals surface area contributed by atoms with Gasteiger partial charge >= 0.3 is 6.03 Å². The van der Waals surface area contributed by atoms with Crippen LogP contribution in [0.2, 0.25) is 0 Å². The number of thiol groups is 1. The molecule has 3 rings (SSSR count). The number of hydroxylamine groups is 2. The Labute approximate surface area is 135 Å². The van der Waals surface area contributed by atoms with Crippen LogP contribution in [0.25, 0.3) is 0 Å². The van der Waals surface area contributed by atoms with Crippen molar-refractivity contribution in [2.45, 2.75) is 31.5 Å². The number of tetrazole rings is 1. The van der Waals surface area contributed by atoms with E-state index in [0.29, 0.717) is 19.4 Å². The Bertz CT molecular complexity index is 610. The van der Waals surface area contributed by atoms with Gasteiger partial charge in [0.1, 0.15) is 18.9 Å². The second kappa shape index (κ2) is 6.37. The molecule has 0 radical (unpaired) electrons. The van der Waals surface area contributed by atoms with E-state index >= 15 is 0 Å². The highest BCUT2D eigenvalue weighted by Gasteiger charge is 2.47. The number of hydrogen-bond donors (Lipinski definition) is 3. The summed E-state index contributed by atoms with van der Waals surface area (Å²) in [6.07, 6.45) is 2.36. The summed E-state index contributed by atoms with van der Waals surface area (Å²) in [6.45, 7) is 0.250. The minimum absolute atomic E-state index is 0.113. The first-order valence-corrected chi connectivity index (χ1v) is 7.17. The van der Waals surface area contributed by atoms with Gasteiger partial charge in [-0.2, -0.15) is 5.06 Å². The number of piperidine rings is 1. The van der Waals surface area contributed by atoms with E-state index in [0.717, 1.165) is 5.06 Å². The molecule has 4 amide bonds. The summed E-state index contributed by atoms with van der Waals surface area (Å²) in [5.74, 6) is -0.963. The van der Waals surface area contributed by atoms with Gasteiger partial charge in [0, 0.05) is 19.5 Å². The van der Waals surface area contributed by atoms with Gasteiger partial charge in [-0.3, -0.25) is 20.4 Å². The highest BCUT2D eigenvalue weighted by molar-refractivity contribution is 7.75. The largest absolute Gasteiger partial charge is 0.345 e. The van der Waals surface area contributed by atoms with Crippen LogP contribution in [0.15, 0.2) is 6.33 Å². The maximum atomic E-state index is 12.2. The summed E-state index contributed by atoms with van der Waals surface area (Å²) in [7, 11) is 0. The molecule has 3 heterocycles. The number of aromatic nitrogens is 4. The molecule has 1 aromatic heterocycles. The molecule has 12 nitrogen and oxygen atoms in total. The molecule has 2 aliphatic rings. The van der Waals surface area contributed by atoms with E-state index in [1.54, 1.807) is 0 Å². The van der Waals surface area contributed by atoms with Crippen molar-refractivity contribution in [2.24, 2.45) is 0 Å². The van der Waals surface area contributed by atoms with Gasteiger partial charge in [-0.05, 0) is 23.3 Å². The number of hydrazine groups is 1. The van der Waals surface area contributed by atoms with Crippen LogP contribution < -0.4 is 10.9 Å². The third-order valence-electron chi connectivity index (χ3n) is 3.74. The minimum Gasteiger partial charge on any atom is -0.309 e. The maximum Gasteiger partial charge on any atom is 0.345 e. The molecule has 2 N–H and O–H groups in total. The van der Waals surface area contributed by atoms with Crippen molar-refractivity contribution in [3.8, 4) is 0 Å². The predicted octanol–water partition coefficient (Wildman–Crippen LogP) is -2.13. The minimum atomic E-state index is -0.666. The Hall–Kier alpha value is -2.41. The Morgan fingerprint density at radius 3 is 2.91 bits per heavy atom. The van der Waals surface area contributed by atoms with Gasteiger partial charge in [0.25, 0.3) is 11.8 Å². The molecular formula is C10H14N8O4S. The van der Waals surface area contributed by atoms with Gasteiger partial charge in [0.2, 0.25) is 0 Å². The first-order valence-electron chi connectivity index (χ1n) is 6.81. The normalized spacial score (nSPS) is 23.1. The summed E-state index contributed by atoms with van der Waals surface area (Å²) < 4.78 is 5.94. The van der Waals surface area contributed by atoms with Gasteiger partial charge in [-0.25, -0.2) is 13.8 Å². The number of carbonyl (C=O) groups is 3. The van der Waals surface area contributed by atoms with E-state index in [4.69, 9.17) is 4.28 Å². The Balaban J connectivity index is 1.52. The number of nitrogens with zero attached hydrogens (tertiary/aromatic N) is 6. The van der Waals surface area contributed by atoms with Gasteiger partial charge in [-0.15, -0.1) is 5.10 Å². The Kier molecular flexibility index (Phi) is 4.29. The van der Waals surface area contributed by atoms with E-state index in [2.05, 4.69) is 39.3 Å². The molecule has 2 aliphatic heterocycles. The highest BCUT2D eigenvalue weighted by Crippen LogP contribution is 2.30. The molecule has 0 aromatic carbocycles. The van der Waals surface area contributed by atoms with E-state index < -0.39 is 23.9 Å². The van der Waals surface area contributed by atoms with E-state index in [9.17, 15) is 14.4 Å². The van der Waals surface area contributed by atoms with Crippen LogP contribution in [0.5, 0.6) is 0 Å². The molecule has 2 fully saturated rings. The monoisotopic (exact) mass is 342 g/mol. The van der Waals surface area contributed by atoms with Crippen molar-refractivity contribution in [1.82, 2.24) is 41.0 Å². The number of urea groups is 1. The maximum absolute atomic E-state index is 12.2. The molecule has 13 heteroatoms. The lowest BCUT2D eigenvalue weighted by Crippen LogP contribution is -2.54. The molecule has 2 bridgehead atoms. The molecule has 0 unspecified atom stereocenters. The number of carbonyl (C=O) groups excluding carboxylic acids is 3. The molecule has 23 heavy (non-hydrogen) atoms. The van der Waals surface area contributed by atoms with Gasteiger partial charge < -0.3 is 4.90 Å². The lowest BCUT2D eigenvalue weighted by atomic mass is 10.0. The summed E-state index contributed by atoms with van der Waals surface area (Å²) in [5.41, 5.74) is 4.57. The van der Waals surface area contributed by atoms with Gasteiger partial charge in [0.15, 0.2) is 0 Å². The highest BCUT2D eigenvalue weighted by atomic mass is 32.1. The standard InChI is InChI=1S/C10H14N8O4S/c19-8(4-16-5-11-14-15-16)12-13-9(20)7-2-1-6-3-17(7)10(21)18(6)22-23/h5-7,23H,1-4H2,(H,12,19)(H,13,20)/t6-,7+/m1/s1. The zero-order valence-electron chi connectivity index (χ0n) is 11.8. The molecule has 0 spiro atoms. The van der Waals surface area contributed by atoms with E-state index in [-0.39, 0.29) is 12.6 Å². The zero-order chi connectivity index (χ0) is 16.4. The second-order valence-electron chi connectivity index (χ2n) is 5.13. The molecule has 2 atom stereocenters. The third kappa shape index (κ3) is 3.05. The van der Waals surface area contributed by atoms with Crippen LogP contribution in [-0.4, -0.2) is 66.6 Å². The topological polar surface area (TPSA) is 135 Å². The van der Waals surface area contributed by atoms with Crippen molar-refractivity contribution in [3.63, 3.8) is 0 Å². The average Bonchev–Trinajstić information content (AvgIpc) is 3.13. The van der Waals surface area contributed by atoms with E-state index in [1.807, 2.05) is 0 Å². The lowest BCUT2D eigenvalue weighted by Gasteiger charge is -2.29. The molecule has 0 saturated carbocycles. The van der Waals surface area contributed by atoms with Crippen LogP contribution in [0.4, 0.5) is 4.79 Å². The predicted molar refractivity (Wildman–Crippen MR) is 74.9 cm³/mol. The second-order valence-corrected chi connectivity index (χ2v) is 5.30. The summed E-state index contributed by atoms with van der Waals surface area (Å²) in [4.78, 5) is 37.3. The average molecular weight is 342 g/mol. The van der Waals surface area contributed by atoms with Crippen LogP contribution in [0.1, 0.15) is 12.8 Å². The molecule has 0 aliphatic carbocycles. The van der Waals surface area contributed by atoms with Crippen LogP contribution in [0, 0.1) is 0 Å². The smallest absolute Gasteiger partial charge is 0.309 e. The fourth-order valence-electron chi connectivity index (χ4n) is 2.67. The van der Waals surface area contributed by atoms with Crippen molar-refractivity contribution in [1.29, 1.82) is 0 Å². The summed E-state index contributed by atoms with van der Waals surface area (Å²) >= 11 is 3.65. The van der Waals surface area contributed by atoms with Gasteiger partial charge in [-0.1, -0.05) is 0 Å². The van der Waals surface area contributed by atoms with Gasteiger partial charge in [0.05, 0.1) is 6.04 Å². The molecule has 124 valence electrons. The first-order chi connectivity index (χ1) is 11.1. The molecule has 2 saturated heterocycles. The van der Waals surface area contributed by atoms with Crippen molar-refractivity contribution in [3.05, 3.63) is 6.33 Å². The fourth-order valence-corrected chi connectivity index (χ4v) is 2.87. The summed E-state index contributed by atoms with van der Waals surface area (Å²) in [5, 5.41) is 11.5. The van der Waals surface area contributed by atoms with E-state index in [1.165, 1.54) is 15.9 Å². The Morgan fingerprint density at radius 1 is 1.39 bits per heavy atom. The van der Waals surface area contributed by atoms with Crippen LogP contribution >= 0.6 is 12.9 Å². The third-order valence-corrected chi connectivity index (χ3v) is 3.91. The SMILES string of the molecule is O=C(Cn1cnnn1)NNC(=O)[C@@H]1CC[C@@H]2CN1C(=O)N2OS. The fraction of sp³-hybridized carbons (Fsp3) is 0.600. The quantitative estimate of drug-likeness (QED) is 0.323. The zero-order valence-corrected chi connectivity index (χ0v) is 12.7. The summed E-state index contributed by atoms with van der Waals surface area (Å²) in [6, 6.07) is -1.19. The first kappa shape index (κ1) is 15.5. The number of amides is 4. The molecular weight excluding hydrogens is 328 g/mol.